The number of aryl methyl sites for hydroxylation is 1. The van der Waals surface area contributed by atoms with Gasteiger partial charge < -0.3 is 14.6 Å². The Kier molecular flexibility index (Phi) is 4.69. The van der Waals surface area contributed by atoms with Crippen LogP contribution in [0.2, 0.25) is 0 Å². The molecule has 154 valence electrons. The molecule has 0 saturated heterocycles. The van der Waals surface area contributed by atoms with E-state index in [2.05, 4.69) is 18.2 Å². The Balaban J connectivity index is 1.76. The van der Waals surface area contributed by atoms with Gasteiger partial charge in [-0.25, -0.2) is 0 Å². The van der Waals surface area contributed by atoms with Crippen molar-refractivity contribution in [2.24, 2.45) is 11.3 Å². The maximum Gasteiger partial charge on any atom is 0.303 e. The van der Waals surface area contributed by atoms with Crippen molar-refractivity contribution in [1.29, 1.82) is 0 Å². The highest BCUT2D eigenvalue weighted by atomic mass is 16.5. The summed E-state index contributed by atoms with van der Waals surface area (Å²) in [4.78, 5) is 24.2. The van der Waals surface area contributed by atoms with Gasteiger partial charge in [0.25, 0.3) is 0 Å². The molecule has 5 nitrogen and oxygen atoms in total. The topological polar surface area (TPSA) is 72.8 Å². The molecule has 0 spiro atoms. The Bertz CT molecular complexity index is 996. The molecule has 2 aromatic carbocycles. The summed E-state index contributed by atoms with van der Waals surface area (Å²) in [7, 11) is 1.67. The van der Waals surface area contributed by atoms with E-state index >= 15 is 0 Å². The molecule has 0 radical (unpaired) electrons. The smallest absolute Gasteiger partial charge is 0.303 e. The highest BCUT2D eigenvalue weighted by Crippen LogP contribution is 2.63. The molecule has 0 aromatic heterocycles. The molecule has 5 heteroatoms. The van der Waals surface area contributed by atoms with Crippen molar-refractivity contribution in [3.8, 4) is 5.75 Å². The molecule has 29 heavy (non-hydrogen) atoms. The van der Waals surface area contributed by atoms with E-state index in [4.69, 9.17) is 9.47 Å². The number of ether oxygens (including phenoxy) is 2. The lowest BCUT2D eigenvalue weighted by molar-refractivity contribution is -0.165. The Morgan fingerprint density at radius 1 is 1.24 bits per heavy atom. The van der Waals surface area contributed by atoms with Crippen LogP contribution < -0.4 is 4.74 Å². The van der Waals surface area contributed by atoms with Crippen LogP contribution >= 0.6 is 0 Å². The van der Waals surface area contributed by atoms with Crippen molar-refractivity contribution in [2.45, 2.75) is 51.6 Å². The molecule has 1 N–H and O–H groups in total. The molecule has 1 saturated carbocycles. The molecule has 0 bridgehead atoms. The average Bonchev–Trinajstić information content (AvgIpc) is 2.92. The second-order valence-corrected chi connectivity index (χ2v) is 8.80. The van der Waals surface area contributed by atoms with Crippen molar-refractivity contribution in [1.82, 2.24) is 0 Å². The van der Waals surface area contributed by atoms with Crippen LogP contribution in [0.5, 0.6) is 5.75 Å². The number of carbonyl (C=O) groups excluding carboxylic acids is 2. The second kappa shape index (κ2) is 6.84. The highest BCUT2D eigenvalue weighted by Gasteiger charge is 2.65. The fourth-order valence-electron chi connectivity index (χ4n) is 5.82. The molecular weight excluding hydrogens is 368 g/mol. The molecule has 0 heterocycles. The number of rotatable bonds is 4. The van der Waals surface area contributed by atoms with Gasteiger partial charge >= 0.3 is 5.97 Å². The molecule has 2 aliphatic rings. The van der Waals surface area contributed by atoms with Crippen molar-refractivity contribution >= 4 is 22.5 Å². The molecule has 1 fully saturated rings. The van der Waals surface area contributed by atoms with Gasteiger partial charge in [0, 0.05) is 12.3 Å². The van der Waals surface area contributed by atoms with E-state index in [1.807, 2.05) is 26.0 Å². The summed E-state index contributed by atoms with van der Waals surface area (Å²) in [6, 6.07) is 10.4. The van der Waals surface area contributed by atoms with Gasteiger partial charge in [-0.15, -0.1) is 0 Å². The lowest BCUT2D eigenvalue weighted by Crippen LogP contribution is -2.56. The first kappa shape index (κ1) is 19.9. The Labute approximate surface area is 171 Å². The fourth-order valence-corrected chi connectivity index (χ4v) is 5.82. The SMILES string of the molecule is COc1ccc2c3c(ccc2c1)[C@@H]1C[C@@H](C)[C@](O)(C(=O)COC(C)=O)[C@@]1(C)CC3. The first-order chi connectivity index (χ1) is 13.7. The van der Waals surface area contributed by atoms with Crippen LogP contribution in [0.4, 0.5) is 0 Å². The van der Waals surface area contributed by atoms with Gasteiger partial charge in [-0.3, -0.25) is 9.59 Å². The lowest BCUT2D eigenvalue weighted by Gasteiger charge is -2.46. The lowest BCUT2D eigenvalue weighted by atomic mass is 9.59. The molecule has 0 aliphatic heterocycles. The summed E-state index contributed by atoms with van der Waals surface area (Å²) in [5.41, 5.74) is 0.437. The number of benzene rings is 2. The summed E-state index contributed by atoms with van der Waals surface area (Å²) in [6.07, 6.45) is 2.23. The van der Waals surface area contributed by atoms with Crippen LogP contribution in [0.15, 0.2) is 30.3 Å². The first-order valence-electron chi connectivity index (χ1n) is 10.2. The Morgan fingerprint density at radius 2 is 2.00 bits per heavy atom. The molecule has 4 rings (SSSR count). The van der Waals surface area contributed by atoms with Crippen LogP contribution in [0.3, 0.4) is 0 Å². The predicted molar refractivity (Wildman–Crippen MR) is 110 cm³/mol. The molecular formula is C24H28O5. The van der Waals surface area contributed by atoms with Crippen LogP contribution in [0.25, 0.3) is 10.8 Å². The zero-order valence-electron chi connectivity index (χ0n) is 17.5. The quantitative estimate of drug-likeness (QED) is 0.796. The normalized spacial score (nSPS) is 30.5. The van der Waals surface area contributed by atoms with Crippen molar-refractivity contribution < 1.29 is 24.2 Å². The maximum atomic E-state index is 13.0. The third-order valence-corrected chi connectivity index (χ3v) is 7.42. The van der Waals surface area contributed by atoms with Gasteiger partial charge in [0.05, 0.1) is 7.11 Å². The second-order valence-electron chi connectivity index (χ2n) is 8.80. The Morgan fingerprint density at radius 3 is 2.69 bits per heavy atom. The first-order valence-corrected chi connectivity index (χ1v) is 10.2. The minimum Gasteiger partial charge on any atom is -0.497 e. The minimum absolute atomic E-state index is 0.0824. The minimum atomic E-state index is -1.50. The number of hydrogen-bond donors (Lipinski definition) is 1. The molecule has 2 aliphatic carbocycles. The number of esters is 1. The third-order valence-electron chi connectivity index (χ3n) is 7.42. The van der Waals surface area contributed by atoms with Gasteiger partial charge in [0.1, 0.15) is 11.4 Å². The summed E-state index contributed by atoms with van der Waals surface area (Å²) in [5.74, 6) is -0.195. The summed E-state index contributed by atoms with van der Waals surface area (Å²) in [5, 5.41) is 14.0. The van der Waals surface area contributed by atoms with E-state index in [9.17, 15) is 14.7 Å². The molecule has 4 atom stereocenters. The van der Waals surface area contributed by atoms with E-state index in [1.54, 1.807) is 7.11 Å². The number of Topliss-reactive ketones (excluding diaryl/α,β-unsaturated/α-hetero) is 1. The number of ketones is 1. The highest BCUT2D eigenvalue weighted by molar-refractivity contribution is 5.92. The number of hydrogen-bond acceptors (Lipinski definition) is 5. The zero-order chi connectivity index (χ0) is 21.0. The standard InChI is InChI=1S/C24H28O5/c1-14-11-21-20-7-5-16-12-17(28-4)6-8-18(16)19(20)9-10-23(21,3)24(14,27)22(26)13-29-15(2)25/h5-8,12,14,21,27H,9-11,13H2,1-4H3/t14-,21+,23+,24+/m1/s1. The summed E-state index contributed by atoms with van der Waals surface area (Å²) in [6.45, 7) is 4.86. The van der Waals surface area contributed by atoms with Crippen molar-refractivity contribution in [3.63, 3.8) is 0 Å². The molecule has 0 unspecified atom stereocenters. The summed E-state index contributed by atoms with van der Waals surface area (Å²) >= 11 is 0. The molecule has 2 aromatic rings. The van der Waals surface area contributed by atoms with Crippen LogP contribution in [-0.4, -0.2) is 36.2 Å². The monoisotopic (exact) mass is 396 g/mol. The number of aliphatic hydroxyl groups is 1. The van der Waals surface area contributed by atoms with E-state index in [1.165, 1.54) is 23.4 Å². The average molecular weight is 396 g/mol. The van der Waals surface area contributed by atoms with Gasteiger partial charge in [-0.1, -0.05) is 32.0 Å². The van der Waals surface area contributed by atoms with Crippen LogP contribution in [0.1, 0.15) is 50.7 Å². The van der Waals surface area contributed by atoms with Gasteiger partial charge in [0.15, 0.2) is 6.61 Å². The van der Waals surface area contributed by atoms with E-state index in [0.717, 1.165) is 24.0 Å². The van der Waals surface area contributed by atoms with Crippen LogP contribution in [-0.2, 0) is 20.7 Å². The predicted octanol–water partition coefficient (Wildman–Crippen LogP) is 3.79. The molecule has 0 amide bonds. The van der Waals surface area contributed by atoms with E-state index in [-0.39, 0.29) is 24.2 Å². The van der Waals surface area contributed by atoms with E-state index in [0.29, 0.717) is 6.42 Å². The largest absolute Gasteiger partial charge is 0.497 e. The van der Waals surface area contributed by atoms with E-state index < -0.39 is 17.0 Å². The maximum absolute atomic E-state index is 13.0. The Hall–Kier alpha value is -2.40. The number of carbonyl (C=O) groups is 2. The zero-order valence-corrected chi connectivity index (χ0v) is 17.5. The van der Waals surface area contributed by atoms with Gasteiger partial charge in [-0.2, -0.15) is 0 Å². The van der Waals surface area contributed by atoms with Gasteiger partial charge in [-0.05, 0) is 65.1 Å². The number of fused-ring (bicyclic) bond motifs is 5. The van der Waals surface area contributed by atoms with Crippen molar-refractivity contribution in [2.75, 3.05) is 13.7 Å². The van der Waals surface area contributed by atoms with Gasteiger partial charge in [0.2, 0.25) is 5.78 Å². The third kappa shape index (κ3) is 2.78. The fraction of sp³-hybridized carbons (Fsp3) is 0.500. The summed E-state index contributed by atoms with van der Waals surface area (Å²) < 4.78 is 10.3. The van der Waals surface area contributed by atoms with Crippen molar-refractivity contribution in [3.05, 3.63) is 41.5 Å². The number of methoxy groups -OCH3 is 1. The van der Waals surface area contributed by atoms with Crippen LogP contribution in [0, 0.1) is 11.3 Å².